The molecule has 1 aromatic carbocycles. The van der Waals surface area contributed by atoms with Crippen LogP contribution in [-0.2, 0) is 4.79 Å². The molecule has 0 bridgehead atoms. The van der Waals surface area contributed by atoms with E-state index < -0.39 is 29.5 Å². The molecule has 0 unspecified atom stereocenters. The summed E-state index contributed by atoms with van der Waals surface area (Å²) in [4.78, 5) is 43.1. The second kappa shape index (κ2) is 8.86. The number of hydrogen-bond donors (Lipinski definition) is 3. The summed E-state index contributed by atoms with van der Waals surface area (Å²) in [5.74, 6) is -2.44. The Morgan fingerprint density at radius 2 is 1.94 bits per heavy atom. The second-order valence-corrected chi connectivity index (χ2v) is 9.39. The summed E-state index contributed by atoms with van der Waals surface area (Å²) in [5, 5.41) is 6.81. The summed E-state index contributed by atoms with van der Waals surface area (Å²) >= 11 is 0.906. The Labute approximate surface area is 198 Å². The van der Waals surface area contributed by atoms with Gasteiger partial charge in [0.15, 0.2) is 10.8 Å². The van der Waals surface area contributed by atoms with E-state index >= 15 is 0 Å². The van der Waals surface area contributed by atoms with Gasteiger partial charge in [-0.3, -0.25) is 14.4 Å². The predicted octanol–water partition coefficient (Wildman–Crippen LogP) is 2.77. The van der Waals surface area contributed by atoms with E-state index in [1.165, 1.54) is 35.2 Å². The fraction of sp³-hybridized carbons (Fsp3) is 0.318. The lowest BCUT2D eigenvalue weighted by Crippen LogP contribution is -2.51. The van der Waals surface area contributed by atoms with E-state index in [1.54, 1.807) is 6.92 Å². The molecule has 2 aromatic heterocycles. The van der Waals surface area contributed by atoms with Crippen molar-refractivity contribution in [3.63, 3.8) is 0 Å². The average Bonchev–Trinajstić information content (AvgIpc) is 3.41. The number of amides is 2. The molecule has 34 heavy (non-hydrogen) atoms. The summed E-state index contributed by atoms with van der Waals surface area (Å²) in [6, 6.07) is 5.75. The van der Waals surface area contributed by atoms with Gasteiger partial charge in [0.1, 0.15) is 22.6 Å². The lowest BCUT2D eigenvalue weighted by Gasteiger charge is -2.38. The van der Waals surface area contributed by atoms with Crippen LogP contribution in [0.1, 0.15) is 59.0 Å². The maximum Gasteiger partial charge on any atom is 0.273 e. The number of carbonyl (C=O) groups excluding carboxylic acids is 3. The van der Waals surface area contributed by atoms with E-state index in [1.807, 2.05) is 6.92 Å². The summed E-state index contributed by atoms with van der Waals surface area (Å²) in [6.45, 7) is 3.49. The molecular formula is C22H23FN6O4S. The molecule has 178 valence electrons. The first-order valence-corrected chi connectivity index (χ1v) is 11.3. The number of nitrogens with one attached hydrogen (secondary N) is 1. The normalized spacial score (nSPS) is 15.3. The van der Waals surface area contributed by atoms with Crippen LogP contribution in [0.15, 0.2) is 34.9 Å². The number of hydrogen-bond acceptors (Lipinski definition) is 9. The highest BCUT2D eigenvalue weighted by molar-refractivity contribution is 7.18. The first-order chi connectivity index (χ1) is 16.1. The molecule has 2 amide bonds. The average molecular weight is 487 g/mol. The molecule has 2 heterocycles. The molecule has 0 radical (unpaired) electrons. The number of carbonyl (C=O) groups is 3. The van der Waals surface area contributed by atoms with Gasteiger partial charge in [-0.2, -0.15) is 0 Å². The van der Waals surface area contributed by atoms with Crippen molar-refractivity contribution in [2.24, 2.45) is 5.73 Å². The predicted molar refractivity (Wildman–Crippen MR) is 123 cm³/mol. The van der Waals surface area contributed by atoms with E-state index in [0.29, 0.717) is 5.69 Å². The molecule has 5 N–H and O–H groups in total. The van der Waals surface area contributed by atoms with Crippen molar-refractivity contribution in [2.75, 3.05) is 10.6 Å². The van der Waals surface area contributed by atoms with Crippen LogP contribution in [0.5, 0.6) is 0 Å². The third-order valence-corrected chi connectivity index (χ3v) is 6.87. The van der Waals surface area contributed by atoms with E-state index in [4.69, 9.17) is 16.0 Å². The molecule has 12 heteroatoms. The molecule has 1 aliphatic rings. The Hall–Kier alpha value is -3.80. The van der Waals surface area contributed by atoms with E-state index in [2.05, 4.69) is 15.5 Å². The van der Waals surface area contributed by atoms with Gasteiger partial charge in [0.25, 0.3) is 5.91 Å². The van der Waals surface area contributed by atoms with Crippen molar-refractivity contribution in [3.8, 4) is 0 Å². The van der Waals surface area contributed by atoms with Crippen molar-refractivity contribution >= 4 is 45.6 Å². The number of halogens is 1. The van der Waals surface area contributed by atoms with Crippen LogP contribution in [0.3, 0.4) is 0 Å². The highest BCUT2D eigenvalue weighted by atomic mass is 32.1. The summed E-state index contributed by atoms with van der Waals surface area (Å²) in [5.41, 5.74) is 11.6. The molecule has 10 nitrogen and oxygen atoms in total. The number of primary amides is 1. The number of thiazole rings is 1. The topological polar surface area (TPSA) is 157 Å². The van der Waals surface area contributed by atoms with Crippen LogP contribution in [0.4, 0.5) is 21.0 Å². The minimum absolute atomic E-state index is 0.0184. The minimum atomic E-state index is -0.868. The number of ketones is 1. The maximum atomic E-state index is 13.4. The Morgan fingerprint density at radius 3 is 2.53 bits per heavy atom. The minimum Gasteiger partial charge on any atom is -0.382 e. The number of rotatable bonds is 8. The first-order valence-electron chi connectivity index (χ1n) is 10.5. The molecule has 0 spiro atoms. The molecule has 3 aromatic rings. The van der Waals surface area contributed by atoms with Gasteiger partial charge in [-0.1, -0.05) is 16.5 Å². The fourth-order valence-electron chi connectivity index (χ4n) is 3.59. The van der Waals surface area contributed by atoms with Crippen LogP contribution in [0.25, 0.3) is 0 Å². The van der Waals surface area contributed by atoms with Crippen LogP contribution < -0.4 is 21.7 Å². The summed E-state index contributed by atoms with van der Waals surface area (Å²) < 4.78 is 18.5. The van der Waals surface area contributed by atoms with Crippen LogP contribution >= 0.6 is 11.3 Å². The summed E-state index contributed by atoms with van der Waals surface area (Å²) in [6.07, 6.45) is 2.78. The van der Waals surface area contributed by atoms with Crippen molar-refractivity contribution < 1.29 is 23.3 Å². The molecule has 1 aliphatic carbocycles. The van der Waals surface area contributed by atoms with Gasteiger partial charge in [-0.25, -0.2) is 9.37 Å². The number of benzene rings is 1. The largest absolute Gasteiger partial charge is 0.382 e. The Kier molecular flexibility index (Phi) is 6.09. The van der Waals surface area contributed by atoms with E-state index in [-0.39, 0.29) is 32.8 Å². The second-order valence-electron chi connectivity index (χ2n) is 8.41. The monoisotopic (exact) mass is 486 g/mol. The van der Waals surface area contributed by atoms with Crippen molar-refractivity contribution in [1.82, 2.24) is 15.5 Å². The Morgan fingerprint density at radius 1 is 1.26 bits per heavy atom. The van der Waals surface area contributed by atoms with Gasteiger partial charge in [-0.15, -0.1) is 0 Å². The molecule has 0 aliphatic heterocycles. The Bertz CT molecular complexity index is 1250. The summed E-state index contributed by atoms with van der Waals surface area (Å²) in [7, 11) is 0. The molecular weight excluding hydrogens is 463 g/mol. The van der Waals surface area contributed by atoms with Crippen molar-refractivity contribution in [1.29, 1.82) is 0 Å². The van der Waals surface area contributed by atoms with Crippen LogP contribution in [0, 0.1) is 5.82 Å². The SMILES string of the molecule is C[C@@H](C(N)=O)N(c1ccc(F)cc1)c1nc(N)c(C(=O)c2cc(C(=O)NC3(C)CCC3)no2)s1. The number of anilines is 3. The molecule has 0 saturated heterocycles. The smallest absolute Gasteiger partial charge is 0.273 e. The third-order valence-electron chi connectivity index (χ3n) is 5.80. The van der Waals surface area contributed by atoms with Gasteiger partial charge in [0.05, 0.1) is 0 Å². The Balaban J connectivity index is 1.61. The molecule has 1 atom stereocenters. The standard InChI is InChI=1S/C22H23FN6O4S/c1-11(19(25)31)29(13-6-4-12(23)5-7-13)21-26-18(24)17(34-21)16(30)15-10-14(28-33-15)20(32)27-22(2)8-3-9-22/h4-7,10-11H,3,8-9,24H2,1-2H3,(H2,25,31)(H,27,32)/t11-/m0/s1. The first kappa shape index (κ1) is 23.4. The van der Waals surface area contributed by atoms with Crippen molar-refractivity contribution in [2.45, 2.75) is 44.7 Å². The fourth-order valence-corrected chi connectivity index (χ4v) is 4.62. The molecule has 4 rings (SSSR count). The zero-order valence-electron chi connectivity index (χ0n) is 18.5. The highest BCUT2D eigenvalue weighted by Crippen LogP contribution is 2.36. The maximum absolute atomic E-state index is 13.4. The third kappa shape index (κ3) is 4.49. The van der Waals surface area contributed by atoms with Crippen molar-refractivity contribution in [3.05, 3.63) is 52.5 Å². The van der Waals surface area contributed by atoms with Gasteiger partial charge in [-0.05, 0) is 57.4 Å². The van der Waals surface area contributed by atoms with Crippen LogP contribution in [0.2, 0.25) is 0 Å². The zero-order valence-corrected chi connectivity index (χ0v) is 19.3. The number of aromatic nitrogens is 2. The highest BCUT2D eigenvalue weighted by Gasteiger charge is 2.35. The van der Waals surface area contributed by atoms with Gasteiger partial charge in [0, 0.05) is 17.3 Å². The van der Waals surface area contributed by atoms with E-state index in [9.17, 15) is 18.8 Å². The number of nitrogen functional groups attached to an aromatic ring is 1. The molecule has 1 saturated carbocycles. The lowest BCUT2D eigenvalue weighted by molar-refractivity contribution is -0.118. The lowest BCUT2D eigenvalue weighted by atomic mass is 9.78. The quantitative estimate of drug-likeness (QED) is 0.410. The zero-order chi connectivity index (χ0) is 24.6. The number of nitrogens with zero attached hydrogens (tertiary/aromatic N) is 3. The van der Waals surface area contributed by atoms with Gasteiger partial charge >= 0.3 is 0 Å². The van der Waals surface area contributed by atoms with Gasteiger partial charge in [0.2, 0.25) is 17.5 Å². The van der Waals surface area contributed by atoms with E-state index in [0.717, 1.165) is 30.6 Å². The van der Waals surface area contributed by atoms with Crippen LogP contribution in [-0.4, -0.2) is 39.3 Å². The molecule has 1 fully saturated rings. The number of nitrogens with two attached hydrogens (primary N) is 2. The van der Waals surface area contributed by atoms with Gasteiger partial charge < -0.3 is 26.2 Å².